The molecule has 3 N–H and O–H groups in total. The van der Waals surface area contributed by atoms with Crippen molar-refractivity contribution in [2.24, 2.45) is 0 Å². The van der Waals surface area contributed by atoms with Crippen molar-refractivity contribution in [1.82, 2.24) is 10.2 Å². The number of carboxylic acids is 1. The lowest BCUT2D eigenvalue weighted by atomic mass is 10.1. The molecule has 0 aliphatic heterocycles. The Bertz CT molecular complexity index is 273. The van der Waals surface area contributed by atoms with Gasteiger partial charge in [0.2, 0.25) is 0 Å². The van der Waals surface area contributed by atoms with Gasteiger partial charge in [-0.2, -0.15) is 0 Å². The summed E-state index contributed by atoms with van der Waals surface area (Å²) in [6, 6.07) is -0.207. The van der Waals surface area contributed by atoms with Crippen molar-refractivity contribution >= 4 is 12.0 Å². The zero-order valence-electron chi connectivity index (χ0n) is 12.1. The summed E-state index contributed by atoms with van der Waals surface area (Å²) in [5.74, 6) is -0.768. The summed E-state index contributed by atoms with van der Waals surface area (Å²) < 4.78 is 4.91. The highest BCUT2D eigenvalue weighted by atomic mass is 16.5. The topological polar surface area (TPSA) is 99.1 Å². The lowest BCUT2D eigenvalue weighted by Gasteiger charge is -2.21. The third-order valence-electron chi connectivity index (χ3n) is 2.82. The summed E-state index contributed by atoms with van der Waals surface area (Å²) in [6.45, 7) is 1.64. The Morgan fingerprint density at radius 2 is 1.85 bits per heavy atom. The number of carboxylic acid groups (broad SMARTS) is 1. The number of hydrogen-bond acceptors (Lipinski definition) is 4. The van der Waals surface area contributed by atoms with E-state index >= 15 is 0 Å². The minimum absolute atomic E-state index is 0.0771. The molecule has 7 heteroatoms. The van der Waals surface area contributed by atoms with Gasteiger partial charge in [0.1, 0.15) is 0 Å². The number of carbonyl (C=O) groups excluding carboxylic acids is 1. The van der Waals surface area contributed by atoms with E-state index in [2.05, 4.69) is 5.32 Å². The maximum atomic E-state index is 11.8. The summed E-state index contributed by atoms with van der Waals surface area (Å²) in [4.78, 5) is 23.6. The van der Waals surface area contributed by atoms with Gasteiger partial charge >= 0.3 is 12.0 Å². The van der Waals surface area contributed by atoms with Crippen LogP contribution in [0, 0.1) is 0 Å². The van der Waals surface area contributed by atoms with Crippen LogP contribution >= 0.6 is 0 Å². The molecule has 118 valence electrons. The standard InChI is InChI=1S/C13H26N2O5/c1-20-11-9-15(8-10-16)13(19)14-7-5-3-2-4-6-12(17)18/h16H,2-11H2,1H3,(H,14,19)(H,17,18). The quantitative estimate of drug-likeness (QED) is 0.459. The van der Waals surface area contributed by atoms with Crippen LogP contribution in [0.1, 0.15) is 32.1 Å². The fourth-order valence-corrected chi connectivity index (χ4v) is 1.70. The minimum Gasteiger partial charge on any atom is -0.481 e. The van der Waals surface area contributed by atoms with Gasteiger partial charge in [0, 0.05) is 33.2 Å². The molecular formula is C13H26N2O5. The molecule has 0 aromatic rings. The molecule has 0 spiro atoms. The van der Waals surface area contributed by atoms with E-state index in [-0.39, 0.29) is 25.6 Å². The van der Waals surface area contributed by atoms with Crippen LogP contribution in [-0.4, -0.2) is 67.1 Å². The number of hydrogen-bond donors (Lipinski definition) is 3. The van der Waals surface area contributed by atoms with Crippen molar-refractivity contribution in [2.75, 3.05) is 40.0 Å². The first-order valence-corrected chi connectivity index (χ1v) is 6.96. The molecule has 0 fully saturated rings. The summed E-state index contributed by atoms with van der Waals surface area (Å²) in [7, 11) is 1.56. The summed E-state index contributed by atoms with van der Waals surface area (Å²) in [5, 5.41) is 20.1. The normalized spacial score (nSPS) is 10.3. The van der Waals surface area contributed by atoms with Gasteiger partial charge in [0.15, 0.2) is 0 Å². The van der Waals surface area contributed by atoms with Crippen molar-refractivity contribution in [2.45, 2.75) is 32.1 Å². The van der Waals surface area contributed by atoms with E-state index in [1.54, 1.807) is 7.11 Å². The highest BCUT2D eigenvalue weighted by Gasteiger charge is 2.11. The summed E-state index contributed by atoms with van der Waals surface area (Å²) in [6.07, 6.45) is 3.45. The lowest BCUT2D eigenvalue weighted by molar-refractivity contribution is -0.137. The van der Waals surface area contributed by atoms with E-state index in [0.29, 0.717) is 26.1 Å². The smallest absolute Gasteiger partial charge is 0.317 e. The lowest BCUT2D eigenvalue weighted by Crippen LogP contribution is -2.43. The maximum Gasteiger partial charge on any atom is 0.317 e. The van der Waals surface area contributed by atoms with Crippen LogP contribution in [0.5, 0.6) is 0 Å². The van der Waals surface area contributed by atoms with E-state index in [4.69, 9.17) is 14.9 Å². The van der Waals surface area contributed by atoms with E-state index < -0.39 is 5.97 Å². The van der Waals surface area contributed by atoms with Crippen LogP contribution in [0.3, 0.4) is 0 Å². The first-order chi connectivity index (χ1) is 9.61. The van der Waals surface area contributed by atoms with Gasteiger partial charge in [-0.3, -0.25) is 4.79 Å². The van der Waals surface area contributed by atoms with Crippen molar-refractivity contribution < 1.29 is 24.5 Å². The predicted molar refractivity (Wildman–Crippen MR) is 74.7 cm³/mol. The molecule has 0 heterocycles. The molecule has 0 radical (unpaired) electrons. The number of ether oxygens (including phenoxy) is 1. The molecular weight excluding hydrogens is 264 g/mol. The Balaban J connectivity index is 3.64. The largest absolute Gasteiger partial charge is 0.481 e. The highest BCUT2D eigenvalue weighted by Crippen LogP contribution is 2.02. The second-order valence-electron chi connectivity index (χ2n) is 4.49. The second-order valence-corrected chi connectivity index (χ2v) is 4.49. The zero-order valence-corrected chi connectivity index (χ0v) is 12.1. The Labute approximate surface area is 119 Å². The number of aliphatic hydroxyl groups excluding tert-OH is 1. The number of urea groups is 1. The molecule has 0 rings (SSSR count). The molecule has 0 atom stereocenters. The van der Waals surface area contributed by atoms with Gasteiger partial charge in [-0.1, -0.05) is 12.8 Å². The molecule has 20 heavy (non-hydrogen) atoms. The van der Waals surface area contributed by atoms with Gasteiger partial charge in [-0.25, -0.2) is 4.79 Å². The van der Waals surface area contributed by atoms with Crippen LogP contribution in [0.4, 0.5) is 4.79 Å². The number of nitrogens with one attached hydrogen (secondary N) is 1. The first kappa shape index (κ1) is 18.7. The number of aliphatic hydroxyl groups is 1. The first-order valence-electron chi connectivity index (χ1n) is 6.96. The van der Waals surface area contributed by atoms with Crippen molar-refractivity contribution in [3.63, 3.8) is 0 Å². The van der Waals surface area contributed by atoms with Crippen molar-refractivity contribution in [1.29, 1.82) is 0 Å². The fourth-order valence-electron chi connectivity index (χ4n) is 1.70. The Morgan fingerprint density at radius 1 is 1.15 bits per heavy atom. The fraction of sp³-hybridized carbons (Fsp3) is 0.846. The van der Waals surface area contributed by atoms with Crippen LogP contribution in [0.25, 0.3) is 0 Å². The van der Waals surface area contributed by atoms with Crippen LogP contribution in [0.15, 0.2) is 0 Å². The van der Waals surface area contributed by atoms with Gasteiger partial charge in [-0.05, 0) is 12.8 Å². The third kappa shape index (κ3) is 10.6. The molecule has 7 nitrogen and oxygen atoms in total. The Kier molecular flexibility index (Phi) is 11.8. The number of unbranched alkanes of at least 4 members (excludes halogenated alkanes) is 3. The van der Waals surface area contributed by atoms with E-state index in [1.807, 2.05) is 0 Å². The second kappa shape index (κ2) is 12.7. The van der Waals surface area contributed by atoms with E-state index in [1.165, 1.54) is 4.90 Å². The predicted octanol–water partition coefficient (Wildman–Crippen LogP) is 0.672. The number of aliphatic carboxylic acids is 1. The molecule has 0 aromatic heterocycles. The third-order valence-corrected chi connectivity index (χ3v) is 2.82. The summed E-state index contributed by atoms with van der Waals surface area (Å²) >= 11 is 0. The van der Waals surface area contributed by atoms with Crippen LogP contribution < -0.4 is 5.32 Å². The molecule has 0 aromatic carbocycles. The molecule has 0 saturated heterocycles. The molecule has 0 aliphatic rings. The van der Waals surface area contributed by atoms with Crippen molar-refractivity contribution in [3.8, 4) is 0 Å². The van der Waals surface area contributed by atoms with E-state index in [9.17, 15) is 9.59 Å². The highest BCUT2D eigenvalue weighted by molar-refractivity contribution is 5.74. The number of methoxy groups -OCH3 is 1. The average molecular weight is 290 g/mol. The van der Waals surface area contributed by atoms with Gasteiger partial charge in [-0.15, -0.1) is 0 Å². The van der Waals surface area contributed by atoms with Crippen LogP contribution in [-0.2, 0) is 9.53 Å². The minimum atomic E-state index is -0.768. The number of amides is 2. The number of carbonyl (C=O) groups is 2. The monoisotopic (exact) mass is 290 g/mol. The summed E-state index contributed by atoms with van der Waals surface area (Å²) in [5.41, 5.74) is 0. The molecule has 0 saturated carbocycles. The van der Waals surface area contributed by atoms with E-state index in [0.717, 1.165) is 19.3 Å². The average Bonchev–Trinajstić information content (AvgIpc) is 2.41. The van der Waals surface area contributed by atoms with Gasteiger partial charge < -0.3 is 25.2 Å². The molecule has 0 bridgehead atoms. The SMILES string of the molecule is COCCN(CCO)C(=O)NCCCCCCC(=O)O. The maximum absolute atomic E-state index is 11.8. The van der Waals surface area contributed by atoms with Crippen LogP contribution in [0.2, 0.25) is 0 Å². The Morgan fingerprint density at radius 3 is 2.45 bits per heavy atom. The molecule has 0 unspecified atom stereocenters. The van der Waals surface area contributed by atoms with Gasteiger partial charge in [0.25, 0.3) is 0 Å². The number of nitrogens with zero attached hydrogens (tertiary/aromatic N) is 1. The molecule has 0 aliphatic carbocycles. The zero-order chi connectivity index (χ0) is 15.2. The Hall–Kier alpha value is -1.34. The number of rotatable bonds is 12. The van der Waals surface area contributed by atoms with Gasteiger partial charge in [0.05, 0.1) is 13.2 Å². The molecule has 2 amide bonds. The van der Waals surface area contributed by atoms with Crippen molar-refractivity contribution in [3.05, 3.63) is 0 Å².